The maximum atomic E-state index is 13.0. The molecule has 0 unspecified atom stereocenters. The van der Waals surface area contributed by atoms with Crippen molar-refractivity contribution in [2.45, 2.75) is 30.7 Å². The van der Waals surface area contributed by atoms with Crippen molar-refractivity contribution in [3.05, 3.63) is 53.9 Å². The minimum absolute atomic E-state index is 0.116. The lowest BCUT2D eigenvalue weighted by Crippen LogP contribution is -2.33. The molecule has 1 N–H and O–H groups in total. The second-order valence-electron chi connectivity index (χ2n) is 7.06. The van der Waals surface area contributed by atoms with Crippen LogP contribution in [0.1, 0.15) is 35.2 Å². The van der Waals surface area contributed by atoms with Gasteiger partial charge < -0.3 is 10.2 Å². The van der Waals surface area contributed by atoms with Crippen molar-refractivity contribution in [1.82, 2.24) is 14.6 Å². The molecule has 3 rings (SSSR count). The highest BCUT2D eigenvalue weighted by molar-refractivity contribution is 7.89. The number of hydrogen-bond acceptors (Lipinski definition) is 5. The summed E-state index contributed by atoms with van der Waals surface area (Å²) in [6.45, 7) is 2.06. The summed E-state index contributed by atoms with van der Waals surface area (Å²) in [6, 6.07) is 8.51. The van der Waals surface area contributed by atoms with Gasteiger partial charge in [0.25, 0.3) is 5.91 Å². The van der Waals surface area contributed by atoms with Gasteiger partial charge in [-0.15, -0.1) is 0 Å². The number of carbonyl (C=O) groups excluding carboxylic acids is 1. The van der Waals surface area contributed by atoms with Crippen LogP contribution in [0.15, 0.2) is 47.6 Å². The molecule has 0 atom stereocenters. The van der Waals surface area contributed by atoms with Crippen LogP contribution < -0.4 is 10.2 Å². The van der Waals surface area contributed by atoms with Crippen LogP contribution in [0.4, 0.5) is 5.69 Å². The van der Waals surface area contributed by atoms with E-state index in [1.54, 1.807) is 24.5 Å². The molecule has 0 spiro atoms. The molecule has 1 saturated heterocycles. The van der Waals surface area contributed by atoms with Gasteiger partial charge >= 0.3 is 0 Å². The number of sulfonamides is 1. The second-order valence-corrected chi connectivity index (χ2v) is 9.21. The first-order valence-corrected chi connectivity index (χ1v) is 10.8. The summed E-state index contributed by atoms with van der Waals surface area (Å²) in [4.78, 5) is 19.3. The Labute approximate surface area is 166 Å². The van der Waals surface area contributed by atoms with Crippen LogP contribution in [0.2, 0.25) is 0 Å². The van der Waals surface area contributed by atoms with Gasteiger partial charge in [-0.3, -0.25) is 9.78 Å². The van der Waals surface area contributed by atoms with Gasteiger partial charge in [-0.1, -0.05) is 6.07 Å². The van der Waals surface area contributed by atoms with E-state index >= 15 is 0 Å². The van der Waals surface area contributed by atoms with Crippen LogP contribution in [0.3, 0.4) is 0 Å². The maximum absolute atomic E-state index is 13.0. The minimum atomic E-state index is -3.62. The Bertz CT molecular complexity index is 924. The first-order chi connectivity index (χ1) is 13.4. The monoisotopic (exact) mass is 402 g/mol. The number of nitrogens with zero attached hydrogens (tertiary/aromatic N) is 3. The van der Waals surface area contributed by atoms with Crippen LogP contribution >= 0.6 is 0 Å². The zero-order valence-corrected chi connectivity index (χ0v) is 17.1. The number of carbonyl (C=O) groups is 1. The van der Waals surface area contributed by atoms with E-state index < -0.39 is 10.0 Å². The summed E-state index contributed by atoms with van der Waals surface area (Å²) in [6.07, 6.45) is 6.67. The Kier molecular flexibility index (Phi) is 6.31. The normalized spacial score (nSPS) is 14.9. The molecule has 2 heterocycles. The molecule has 8 heteroatoms. The lowest BCUT2D eigenvalue weighted by atomic mass is 10.1. The number of rotatable bonds is 6. The molecule has 150 valence electrons. The average molecular weight is 403 g/mol. The minimum Gasteiger partial charge on any atom is -0.371 e. The number of pyridine rings is 1. The molecule has 7 nitrogen and oxygen atoms in total. The number of aromatic nitrogens is 1. The highest BCUT2D eigenvalue weighted by atomic mass is 32.2. The number of nitrogens with one attached hydrogen (secondary N) is 1. The van der Waals surface area contributed by atoms with E-state index in [1.165, 1.54) is 26.6 Å². The summed E-state index contributed by atoms with van der Waals surface area (Å²) in [5.74, 6) is -0.291. The predicted octanol–water partition coefficient (Wildman–Crippen LogP) is 2.25. The fourth-order valence-electron chi connectivity index (χ4n) is 3.26. The van der Waals surface area contributed by atoms with Gasteiger partial charge in [0.15, 0.2) is 0 Å². The smallest absolute Gasteiger partial charge is 0.253 e. The summed E-state index contributed by atoms with van der Waals surface area (Å²) < 4.78 is 26.2. The standard InChI is InChI=1S/C20H26N4O3S/c1-23(2)28(26,27)17-8-9-19(24-11-4-3-5-12-24)18(13-17)20(25)22-15-16-7-6-10-21-14-16/h6-10,13-14H,3-5,11-12,15H2,1-2H3,(H,22,25). The van der Waals surface area contributed by atoms with Crippen LogP contribution in [0.5, 0.6) is 0 Å². The lowest BCUT2D eigenvalue weighted by molar-refractivity contribution is 0.0951. The molecule has 1 fully saturated rings. The second kappa shape index (κ2) is 8.70. The maximum Gasteiger partial charge on any atom is 0.253 e. The Hall–Kier alpha value is -2.45. The molecule has 0 radical (unpaired) electrons. The summed E-state index contributed by atoms with van der Waals surface area (Å²) >= 11 is 0. The van der Waals surface area contributed by atoms with E-state index in [0.29, 0.717) is 12.1 Å². The van der Waals surface area contributed by atoms with Crippen molar-refractivity contribution in [3.8, 4) is 0 Å². The van der Waals surface area contributed by atoms with Gasteiger partial charge in [0.1, 0.15) is 0 Å². The number of benzene rings is 1. The first kappa shape index (κ1) is 20.3. The van der Waals surface area contributed by atoms with Gasteiger partial charge in [-0.05, 0) is 49.1 Å². The zero-order chi connectivity index (χ0) is 20.1. The highest BCUT2D eigenvalue weighted by Crippen LogP contribution is 2.28. The first-order valence-electron chi connectivity index (χ1n) is 9.38. The van der Waals surface area contributed by atoms with Gasteiger partial charge in [0.05, 0.1) is 10.5 Å². The van der Waals surface area contributed by atoms with Crippen molar-refractivity contribution in [2.75, 3.05) is 32.1 Å². The lowest BCUT2D eigenvalue weighted by Gasteiger charge is -2.30. The van der Waals surface area contributed by atoms with Gasteiger partial charge in [0.2, 0.25) is 10.0 Å². The van der Waals surface area contributed by atoms with E-state index in [4.69, 9.17) is 0 Å². The molecule has 0 saturated carbocycles. The molecule has 1 aromatic heterocycles. The van der Waals surface area contributed by atoms with Crippen LogP contribution in [0.25, 0.3) is 0 Å². The highest BCUT2D eigenvalue weighted by Gasteiger charge is 2.24. The largest absolute Gasteiger partial charge is 0.371 e. The third-order valence-corrected chi connectivity index (χ3v) is 6.67. The Morgan fingerprint density at radius 2 is 1.93 bits per heavy atom. The van der Waals surface area contributed by atoms with Crippen LogP contribution in [-0.4, -0.2) is 50.8 Å². The predicted molar refractivity (Wildman–Crippen MR) is 109 cm³/mol. The Morgan fingerprint density at radius 3 is 2.57 bits per heavy atom. The van der Waals surface area contributed by atoms with E-state index in [1.807, 2.05) is 12.1 Å². The van der Waals surface area contributed by atoms with E-state index in [9.17, 15) is 13.2 Å². The van der Waals surface area contributed by atoms with Crippen molar-refractivity contribution >= 4 is 21.6 Å². The molecule has 1 aliphatic rings. The van der Waals surface area contributed by atoms with Crippen molar-refractivity contribution in [3.63, 3.8) is 0 Å². The van der Waals surface area contributed by atoms with Crippen molar-refractivity contribution in [1.29, 1.82) is 0 Å². The molecule has 0 aliphatic carbocycles. The van der Waals surface area contributed by atoms with Crippen LogP contribution in [0, 0.1) is 0 Å². The quantitative estimate of drug-likeness (QED) is 0.801. The molecule has 1 amide bonds. The zero-order valence-electron chi connectivity index (χ0n) is 16.3. The fraction of sp³-hybridized carbons (Fsp3) is 0.400. The molecular weight excluding hydrogens is 376 g/mol. The van der Waals surface area contributed by atoms with Crippen LogP contribution in [-0.2, 0) is 16.6 Å². The molecular formula is C20H26N4O3S. The Morgan fingerprint density at radius 1 is 1.18 bits per heavy atom. The molecule has 1 aromatic carbocycles. The van der Waals surface area contributed by atoms with Gasteiger partial charge in [-0.25, -0.2) is 12.7 Å². The summed E-state index contributed by atoms with van der Waals surface area (Å²) in [5, 5.41) is 2.89. The SMILES string of the molecule is CN(C)S(=O)(=O)c1ccc(N2CCCCC2)c(C(=O)NCc2cccnc2)c1. The summed E-state index contributed by atoms with van der Waals surface area (Å²) in [7, 11) is -0.658. The molecule has 1 aliphatic heterocycles. The van der Waals surface area contributed by atoms with Gasteiger partial charge in [-0.2, -0.15) is 0 Å². The fourth-order valence-corrected chi connectivity index (χ4v) is 4.19. The third kappa shape index (κ3) is 4.51. The van der Waals surface area contributed by atoms with E-state index in [-0.39, 0.29) is 10.8 Å². The Balaban J connectivity index is 1.93. The number of hydrogen-bond donors (Lipinski definition) is 1. The van der Waals surface area contributed by atoms with Crippen molar-refractivity contribution < 1.29 is 13.2 Å². The average Bonchev–Trinajstić information content (AvgIpc) is 2.72. The topological polar surface area (TPSA) is 82.6 Å². The summed E-state index contributed by atoms with van der Waals surface area (Å²) in [5.41, 5.74) is 2.04. The van der Waals surface area contributed by atoms with Gasteiger partial charge in [0, 0.05) is 51.8 Å². The van der Waals surface area contributed by atoms with E-state index in [2.05, 4.69) is 15.2 Å². The molecule has 28 heavy (non-hydrogen) atoms. The number of piperidine rings is 1. The molecule has 2 aromatic rings. The van der Waals surface area contributed by atoms with Crippen molar-refractivity contribution in [2.24, 2.45) is 0 Å². The number of anilines is 1. The van der Waals surface area contributed by atoms with E-state index in [0.717, 1.165) is 41.5 Å². The molecule has 0 bridgehead atoms. The number of amides is 1. The third-order valence-electron chi connectivity index (χ3n) is 4.86.